The molecule has 1 fully saturated rings. The van der Waals surface area contributed by atoms with Gasteiger partial charge in [-0.3, -0.25) is 14.4 Å². The molecule has 2 amide bonds. The zero-order valence-corrected chi connectivity index (χ0v) is 12.9. The van der Waals surface area contributed by atoms with Crippen LogP contribution in [0.25, 0.3) is 0 Å². The van der Waals surface area contributed by atoms with Crippen molar-refractivity contribution >= 4 is 11.8 Å². The zero-order chi connectivity index (χ0) is 16.7. The third-order valence-corrected chi connectivity index (χ3v) is 4.26. The molecule has 0 radical (unpaired) electrons. The van der Waals surface area contributed by atoms with Crippen molar-refractivity contribution in [3.05, 3.63) is 62.8 Å². The molecule has 122 valence electrons. The van der Waals surface area contributed by atoms with Crippen LogP contribution in [0.2, 0.25) is 0 Å². The van der Waals surface area contributed by atoms with Crippen LogP contribution in [0.15, 0.2) is 29.1 Å². The molecule has 0 unspecified atom stereocenters. The number of nitrogens with zero attached hydrogens (tertiary/aromatic N) is 1. The molecule has 2 aromatic rings. The van der Waals surface area contributed by atoms with E-state index in [0.29, 0.717) is 24.5 Å². The van der Waals surface area contributed by atoms with Crippen molar-refractivity contribution in [3.63, 3.8) is 0 Å². The van der Waals surface area contributed by atoms with E-state index in [4.69, 9.17) is 0 Å². The van der Waals surface area contributed by atoms with E-state index < -0.39 is 0 Å². The Labute approximate surface area is 137 Å². The summed E-state index contributed by atoms with van der Waals surface area (Å²) in [5, 5.41) is 5.53. The minimum atomic E-state index is -0.377. The molecule has 1 aliphatic carbocycles. The SMILES string of the molecule is O=C(NCc1ccc2c(c1)CNC2=O)c1cc(=O)[nH]c(C2CC2)n1. The van der Waals surface area contributed by atoms with E-state index in [1.54, 1.807) is 6.07 Å². The first-order valence-corrected chi connectivity index (χ1v) is 7.89. The van der Waals surface area contributed by atoms with Crippen LogP contribution in [0.1, 0.15) is 56.6 Å². The molecule has 1 aromatic carbocycles. The van der Waals surface area contributed by atoms with Gasteiger partial charge in [0.05, 0.1) is 0 Å². The number of rotatable bonds is 4. The topological polar surface area (TPSA) is 104 Å². The molecular formula is C17H16N4O3. The molecule has 0 atom stereocenters. The van der Waals surface area contributed by atoms with Crippen molar-refractivity contribution in [2.24, 2.45) is 0 Å². The highest BCUT2D eigenvalue weighted by molar-refractivity contribution is 5.98. The first-order valence-electron chi connectivity index (χ1n) is 7.89. The third kappa shape index (κ3) is 2.80. The lowest BCUT2D eigenvalue weighted by molar-refractivity contribution is 0.0942. The monoisotopic (exact) mass is 324 g/mol. The van der Waals surface area contributed by atoms with Gasteiger partial charge in [-0.05, 0) is 30.0 Å². The maximum Gasteiger partial charge on any atom is 0.270 e. The Bertz CT molecular complexity index is 899. The highest BCUT2D eigenvalue weighted by atomic mass is 16.2. The molecule has 0 spiro atoms. The van der Waals surface area contributed by atoms with Gasteiger partial charge in [-0.2, -0.15) is 0 Å². The summed E-state index contributed by atoms with van der Waals surface area (Å²) >= 11 is 0. The van der Waals surface area contributed by atoms with Crippen LogP contribution >= 0.6 is 0 Å². The molecule has 0 saturated heterocycles. The van der Waals surface area contributed by atoms with Crippen LogP contribution in [-0.4, -0.2) is 21.8 Å². The summed E-state index contributed by atoms with van der Waals surface area (Å²) in [6.45, 7) is 0.823. The van der Waals surface area contributed by atoms with Gasteiger partial charge in [-0.1, -0.05) is 12.1 Å². The molecular weight excluding hydrogens is 308 g/mol. The number of hydrogen-bond acceptors (Lipinski definition) is 4. The number of carbonyl (C=O) groups is 2. The van der Waals surface area contributed by atoms with Crippen LogP contribution in [0.4, 0.5) is 0 Å². The van der Waals surface area contributed by atoms with Crippen LogP contribution in [0.3, 0.4) is 0 Å². The number of carbonyl (C=O) groups excluding carboxylic acids is 2. The maximum absolute atomic E-state index is 12.3. The first kappa shape index (κ1) is 14.6. The van der Waals surface area contributed by atoms with E-state index in [1.165, 1.54) is 6.07 Å². The van der Waals surface area contributed by atoms with Gasteiger partial charge in [-0.25, -0.2) is 4.98 Å². The fourth-order valence-corrected chi connectivity index (χ4v) is 2.81. The summed E-state index contributed by atoms with van der Waals surface area (Å²) in [5.74, 6) is 0.417. The Morgan fingerprint density at radius 1 is 1.25 bits per heavy atom. The fraction of sp³-hybridized carbons (Fsp3) is 0.294. The summed E-state index contributed by atoms with van der Waals surface area (Å²) in [4.78, 5) is 42.4. The number of amides is 2. The van der Waals surface area contributed by atoms with Crippen LogP contribution < -0.4 is 16.2 Å². The van der Waals surface area contributed by atoms with Gasteiger partial charge in [0, 0.05) is 30.6 Å². The predicted molar refractivity (Wildman–Crippen MR) is 85.6 cm³/mol. The van der Waals surface area contributed by atoms with Crippen LogP contribution in [0, 0.1) is 0 Å². The van der Waals surface area contributed by atoms with E-state index >= 15 is 0 Å². The lowest BCUT2D eigenvalue weighted by atomic mass is 10.1. The van der Waals surface area contributed by atoms with Crippen molar-refractivity contribution in [2.75, 3.05) is 0 Å². The smallest absolute Gasteiger partial charge is 0.270 e. The average Bonchev–Trinajstić information content (AvgIpc) is 3.36. The van der Waals surface area contributed by atoms with E-state index in [9.17, 15) is 14.4 Å². The van der Waals surface area contributed by atoms with Crippen molar-refractivity contribution in [1.29, 1.82) is 0 Å². The summed E-state index contributed by atoms with van der Waals surface area (Å²) in [6.07, 6.45) is 1.99. The second-order valence-corrected chi connectivity index (χ2v) is 6.15. The summed E-state index contributed by atoms with van der Waals surface area (Å²) in [7, 11) is 0. The fourth-order valence-electron chi connectivity index (χ4n) is 2.81. The van der Waals surface area contributed by atoms with Gasteiger partial charge in [0.1, 0.15) is 11.5 Å². The number of aromatic amines is 1. The highest BCUT2D eigenvalue weighted by Crippen LogP contribution is 2.37. The molecule has 4 rings (SSSR count). The summed E-state index contributed by atoms with van der Waals surface area (Å²) in [6, 6.07) is 6.68. The van der Waals surface area contributed by atoms with Gasteiger partial charge < -0.3 is 15.6 Å². The van der Waals surface area contributed by atoms with Crippen molar-refractivity contribution in [3.8, 4) is 0 Å². The number of H-pyrrole nitrogens is 1. The predicted octanol–water partition coefficient (Wildman–Crippen LogP) is 0.821. The van der Waals surface area contributed by atoms with Gasteiger partial charge in [0.15, 0.2) is 0 Å². The quantitative estimate of drug-likeness (QED) is 0.774. The minimum absolute atomic E-state index is 0.0686. The third-order valence-electron chi connectivity index (χ3n) is 4.26. The molecule has 24 heavy (non-hydrogen) atoms. The second kappa shape index (κ2) is 5.59. The van der Waals surface area contributed by atoms with Gasteiger partial charge in [0.25, 0.3) is 17.4 Å². The van der Waals surface area contributed by atoms with Gasteiger partial charge >= 0.3 is 0 Å². The average molecular weight is 324 g/mol. The number of fused-ring (bicyclic) bond motifs is 1. The number of benzene rings is 1. The molecule has 1 aromatic heterocycles. The molecule has 1 saturated carbocycles. The molecule has 7 nitrogen and oxygen atoms in total. The lowest BCUT2D eigenvalue weighted by Crippen LogP contribution is -2.26. The van der Waals surface area contributed by atoms with Gasteiger partial charge in [-0.15, -0.1) is 0 Å². The number of nitrogens with one attached hydrogen (secondary N) is 3. The largest absolute Gasteiger partial charge is 0.348 e. The zero-order valence-electron chi connectivity index (χ0n) is 12.9. The Kier molecular flexibility index (Phi) is 3.41. The molecule has 1 aliphatic heterocycles. The lowest BCUT2D eigenvalue weighted by Gasteiger charge is -2.07. The Balaban J connectivity index is 1.47. The maximum atomic E-state index is 12.3. The highest BCUT2D eigenvalue weighted by Gasteiger charge is 2.27. The van der Waals surface area contributed by atoms with E-state index in [-0.39, 0.29) is 29.0 Å². The number of aromatic nitrogens is 2. The Morgan fingerprint density at radius 3 is 2.88 bits per heavy atom. The normalized spacial score (nSPS) is 15.8. The van der Waals surface area contributed by atoms with Crippen LogP contribution in [0.5, 0.6) is 0 Å². The van der Waals surface area contributed by atoms with Crippen LogP contribution in [-0.2, 0) is 13.1 Å². The molecule has 7 heteroatoms. The Morgan fingerprint density at radius 2 is 2.08 bits per heavy atom. The van der Waals surface area contributed by atoms with E-state index in [1.807, 2.05) is 12.1 Å². The van der Waals surface area contributed by atoms with Crippen molar-refractivity contribution in [1.82, 2.24) is 20.6 Å². The number of hydrogen-bond donors (Lipinski definition) is 3. The van der Waals surface area contributed by atoms with E-state index in [0.717, 1.165) is 24.0 Å². The molecule has 2 heterocycles. The molecule has 0 bridgehead atoms. The van der Waals surface area contributed by atoms with Gasteiger partial charge in [0.2, 0.25) is 0 Å². The van der Waals surface area contributed by atoms with Crippen molar-refractivity contribution < 1.29 is 9.59 Å². The standard InChI is InChI=1S/C17H16N4O3/c22-14-6-13(20-15(21-14)10-2-3-10)17(24)18-7-9-1-4-12-11(5-9)8-19-16(12)23/h1,4-6,10H,2-3,7-8H2,(H,18,24)(H,19,23)(H,20,21,22). The minimum Gasteiger partial charge on any atom is -0.348 e. The second-order valence-electron chi connectivity index (χ2n) is 6.15. The van der Waals surface area contributed by atoms with E-state index in [2.05, 4.69) is 20.6 Å². The summed E-state index contributed by atoms with van der Waals surface area (Å²) < 4.78 is 0. The summed E-state index contributed by atoms with van der Waals surface area (Å²) in [5.41, 5.74) is 2.33. The Hall–Kier alpha value is -2.96. The molecule has 3 N–H and O–H groups in total. The van der Waals surface area contributed by atoms with Crippen molar-refractivity contribution in [2.45, 2.75) is 31.8 Å². The molecule has 2 aliphatic rings. The first-order chi connectivity index (χ1) is 11.6.